The fourth-order valence-corrected chi connectivity index (χ4v) is 4.78. The van der Waals surface area contributed by atoms with Gasteiger partial charge in [-0.25, -0.2) is 0 Å². The largest absolute Gasteiger partial charge is 0.361 e. The third-order valence-electron chi connectivity index (χ3n) is 7.19. The van der Waals surface area contributed by atoms with Crippen molar-refractivity contribution in [3.63, 3.8) is 0 Å². The second kappa shape index (κ2) is 10.8. The highest BCUT2D eigenvalue weighted by Gasteiger charge is 2.42. The van der Waals surface area contributed by atoms with E-state index in [-0.39, 0.29) is 17.7 Å². The number of carbonyl (C=O) groups excluding carboxylic acids is 3. The van der Waals surface area contributed by atoms with Crippen LogP contribution in [0.15, 0.2) is 54.7 Å². The van der Waals surface area contributed by atoms with Crippen LogP contribution in [-0.4, -0.2) is 52.8 Å². The standard InChI is InChI=1S/C29H37N5O3/c1-18(30-5)26(35)33-25(29(2,3)4)28(37)34-17-20-11-7-6-10-19(20)14-24(34)27(36)32-16-21-15-31-23-13-9-8-12-22(21)23/h6-13,15,18,24-25,30-31H,14,16-17H2,1-5H3,(H,32,36)(H,33,35)/t18-,24+,25+/m0/s1. The molecule has 8 nitrogen and oxygen atoms in total. The van der Waals surface area contributed by atoms with Gasteiger partial charge in [-0.15, -0.1) is 0 Å². The molecule has 2 aromatic carbocycles. The molecule has 1 aliphatic rings. The van der Waals surface area contributed by atoms with Crippen LogP contribution >= 0.6 is 0 Å². The number of hydrogen-bond acceptors (Lipinski definition) is 4. The van der Waals surface area contributed by atoms with E-state index >= 15 is 0 Å². The number of amides is 3. The minimum Gasteiger partial charge on any atom is -0.361 e. The summed E-state index contributed by atoms with van der Waals surface area (Å²) in [5.41, 5.74) is 3.51. The van der Waals surface area contributed by atoms with Crippen molar-refractivity contribution >= 4 is 28.6 Å². The predicted molar refractivity (Wildman–Crippen MR) is 145 cm³/mol. The number of carbonyl (C=O) groups is 3. The molecule has 4 N–H and O–H groups in total. The fraction of sp³-hybridized carbons (Fsp3) is 0.414. The molecule has 0 aliphatic carbocycles. The predicted octanol–water partition coefficient (Wildman–Crippen LogP) is 2.88. The van der Waals surface area contributed by atoms with Crippen molar-refractivity contribution in [2.45, 2.75) is 65.3 Å². The first-order valence-corrected chi connectivity index (χ1v) is 12.8. The van der Waals surface area contributed by atoms with E-state index in [0.717, 1.165) is 27.6 Å². The zero-order chi connectivity index (χ0) is 26.7. The molecule has 0 fully saturated rings. The maximum absolute atomic E-state index is 14.0. The fourth-order valence-electron chi connectivity index (χ4n) is 4.78. The van der Waals surface area contributed by atoms with Gasteiger partial charge in [-0.2, -0.15) is 0 Å². The molecule has 8 heteroatoms. The van der Waals surface area contributed by atoms with Gasteiger partial charge in [0, 0.05) is 36.6 Å². The van der Waals surface area contributed by atoms with Crippen LogP contribution in [-0.2, 0) is 33.9 Å². The Morgan fingerprint density at radius 2 is 1.73 bits per heavy atom. The van der Waals surface area contributed by atoms with E-state index < -0.39 is 23.5 Å². The molecule has 3 aromatic rings. The van der Waals surface area contributed by atoms with E-state index in [9.17, 15) is 14.4 Å². The highest BCUT2D eigenvalue weighted by atomic mass is 16.2. The van der Waals surface area contributed by atoms with Crippen LogP contribution < -0.4 is 16.0 Å². The Morgan fingerprint density at radius 3 is 2.43 bits per heavy atom. The summed E-state index contributed by atoms with van der Waals surface area (Å²) in [6, 6.07) is 13.9. The second-order valence-corrected chi connectivity index (χ2v) is 10.9. The van der Waals surface area contributed by atoms with Crippen LogP contribution in [0, 0.1) is 5.41 Å². The molecule has 3 amide bonds. The zero-order valence-corrected chi connectivity index (χ0v) is 22.2. The third kappa shape index (κ3) is 5.69. The lowest BCUT2D eigenvalue weighted by atomic mass is 9.84. The number of aromatic nitrogens is 1. The number of likely N-dealkylation sites (N-methyl/N-ethyl adjacent to an activating group) is 1. The molecule has 1 aromatic heterocycles. The summed E-state index contributed by atoms with van der Waals surface area (Å²) in [4.78, 5) is 45.2. The second-order valence-electron chi connectivity index (χ2n) is 10.9. The number of benzene rings is 2. The number of fused-ring (bicyclic) bond motifs is 2. The first-order chi connectivity index (χ1) is 17.6. The van der Waals surface area contributed by atoms with Crippen LogP contribution in [0.25, 0.3) is 10.9 Å². The van der Waals surface area contributed by atoms with Crippen LogP contribution in [0.1, 0.15) is 44.4 Å². The summed E-state index contributed by atoms with van der Waals surface area (Å²) >= 11 is 0. The Labute approximate surface area is 218 Å². The van der Waals surface area contributed by atoms with Crippen molar-refractivity contribution in [1.82, 2.24) is 25.8 Å². The molecular weight excluding hydrogens is 466 g/mol. The number of nitrogens with zero attached hydrogens (tertiary/aromatic N) is 1. The summed E-state index contributed by atoms with van der Waals surface area (Å²) in [6.45, 7) is 8.17. The molecule has 0 radical (unpaired) electrons. The van der Waals surface area contributed by atoms with Crippen molar-refractivity contribution in [3.8, 4) is 0 Å². The van der Waals surface area contributed by atoms with Gasteiger partial charge in [0.05, 0.1) is 6.04 Å². The molecular formula is C29H37N5O3. The number of aromatic amines is 1. The number of para-hydroxylation sites is 1. The first kappa shape index (κ1) is 26.4. The van der Waals surface area contributed by atoms with Crippen molar-refractivity contribution in [2.75, 3.05) is 7.05 Å². The highest BCUT2D eigenvalue weighted by molar-refractivity contribution is 5.94. The third-order valence-corrected chi connectivity index (χ3v) is 7.19. The number of rotatable bonds is 7. The van der Waals surface area contributed by atoms with Crippen LogP contribution in [0.4, 0.5) is 0 Å². The number of nitrogens with one attached hydrogen (secondary N) is 4. The zero-order valence-electron chi connectivity index (χ0n) is 22.2. The molecule has 2 heterocycles. The Bertz CT molecular complexity index is 1290. The van der Waals surface area contributed by atoms with Crippen LogP contribution in [0.3, 0.4) is 0 Å². The van der Waals surface area contributed by atoms with Gasteiger partial charge in [-0.3, -0.25) is 14.4 Å². The minimum atomic E-state index is -0.787. The van der Waals surface area contributed by atoms with Gasteiger partial charge < -0.3 is 25.8 Å². The smallest absolute Gasteiger partial charge is 0.246 e. The van der Waals surface area contributed by atoms with E-state index in [1.807, 2.05) is 75.5 Å². The molecule has 37 heavy (non-hydrogen) atoms. The van der Waals surface area contributed by atoms with Gasteiger partial charge in [0.1, 0.15) is 12.1 Å². The molecule has 3 atom stereocenters. The van der Waals surface area contributed by atoms with Crippen LogP contribution in [0.2, 0.25) is 0 Å². The summed E-state index contributed by atoms with van der Waals surface area (Å²) in [7, 11) is 1.70. The van der Waals surface area contributed by atoms with E-state index in [1.165, 1.54) is 0 Å². The van der Waals surface area contributed by atoms with Crippen LogP contribution in [0.5, 0.6) is 0 Å². The molecule has 0 unspecified atom stereocenters. The monoisotopic (exact) mass is 503 g/mol. The summed E-state index contributed by atoms with van der Waals surface area (Å²) in [5.74, 6) is -0.727. The Balaban J connectivity index is 1.60. The first-order valence-electron chi connectivity index (χ1n) is 12.8. The maximum atomic E-state index is 14.0. The normalized spacial score (nSPS) is 17.1. The summed E-state index contributed by atoms with van der Waals surface area (Å²) < 4.78 is 0. The molecule has 4 rings (SSSR count). The molecule has 0 saturated heterocycles. The van der Waals surface area contributed by atoms with Gasteiger partial charge >= 0.3 is 0 Å². The molecule has 0 bridgehead atoms. The molecule has 0 saturated carbocycles. The molecule has 0 spiro atoms. The molecule has 196 valence electrons. The van der Waals surface area contributed by atoms with Crippen molar-refractivity contribution < 1.29 is 14.4 Å². The van der Waals surface area contributed by atoms with Crippen molar-refractivity contribution in [2.24, 2.45) is 5.41 Å². The van der Waals surface area contributed by atoms with E-state index in [0.29, 0.717) is 19.5 Å². The summed E-state index contributed by atoms with van der Waals surface area (Å²) in [6.07, 6.45) is 2.32. The lowest BCUT2D eigenvalue weighted by molar-refractivity contribution is -0.147. The van der Waals surface area contributed by atoms with Crippen molar-refractivity contribution in [3.05, 3.63) is 71.4 Å². The quantitative estimate of drug-likeness (QED) is 0.398. The number of H-pyrrole nitrogens is 1. The van der Waals surface area contributed by atoms with Gasteiger partial charge in [-0.1, -0.05) is 63.2 Å². The van der Waals surface area contributed by atoms with Gasteiger partial charge in [0.25, 0.3) is 0 Å². The maximum Gasteiger partial charge on any atom is 0.246 e. The number of hydrogen-bond donors (Lipinski definition) is 4. The SMILES string of the molecule is CN[C@@H](C)C(=O)N[C@H](C(=O)N1Cc2ccccc2C[C@@H]1C(=O)NCc1c[nH]c2ccccc12)C(C)(C)C. The Kier molecular flexibility index (Phi) is 7.68. The average Bonchev–Trinajstić information content (AvgIpc) is 3.31. The van der Waals surface area contributed by atoms with Gasteiger partial charge in [0.2, 0.25) is 17.7 Å². The Morgan fingerprint density at radius 1 is 1.05 bits per heavy atom. The topological polar surface area (TPSA) is 106 Å². The minimum absolute atomic E-state index is 0.212. The van der Waals surface area contributed by atoms with E-state index in [2.05, 4.69) is 20.9 Å². The Hall–Kier alpha value is -3.65. The lowest BCUT2D eigenvalue weighted by Crippen LogP contribution is -2.61. The van der Waals surface area contributed by atoms with E-state index in [1.54, 1.807) is 18.9 Å². The average molecular weight is 504 g/mol. The highest BCUT2D eigenvalue weighted by Crippen LogP contribution is 2.28. The van der Waals surface area contributed by atoms with Gasteiger partial charge in [-0.05, 0) is 42.1 Å². The molecule has 1 aliphatic heterocycles. The van der Waals surface area contributed by atoms with E-state index in [4.69, 9.17) is 0 Å². The lowest BCUT2D eigenvalue weighted by Gasteiger charge is -2.41. The summed E-state index contributed by atoms with van der Waals surface area (Å²) in [5, 5.41) is 9.97. The van der Waals surface area contributed by atoms with Gasteiger partial charge in [0.15, 0.2) is 0 Å². The van der Waals surface area contributed by atoms with Crippen molar-refractivity contribution in [1.29, 1.82) is 0 Å².